The Bertz CT molecular complexity index is 580. The highest BCUT2D eigenvalue weighted by Crippen LogP contribution is 2.19. The monoisotopic (exact) mass is 390 g/mol. The second kappa shape index (κ2) is 8.08. The molecule has 0 aliphatic heterocycles. The van der Waals surface area contributed by atoms with Gasteiger partial charge < -0.3 is 15.6 Å². The van der Waals surface area contributed by atoms with Gasteiger partial charge >= 0.3 is 0 Å². The van der Waals surface area contributed by atoms with Crippen molar-refractivity contribution in [3.63, 3.8) is 0 Å². The maximum absolute atomic E-state index is 13.1. The lowest BCUT2D eigenvalue weighted by molar-refractivity contribution is 0.629. The van der Waals surface area contributed by atoms with Crippen molar-refractivity contribution in [2.75, 3.05) is 20.1 Å². The predicted molar refractivity (Wildman–Crippen MR) is 92.4 cm³/mol. The molecule has 6 heteroatoms. The van der Waals surface area contributed by atoms with Crippen LogP contribution in [-0.4, -0.2) is 31.1 Å². The van der Waals surface area contributed by atoms with E-state index >= 15 is 0 Å². The zero-order chi connectivity index (χ0) is 13.7. The minimum absolute atomic E-state index is 0. The quantitative estimate of drug-likeness (QED) is 0.427. The van der Waals surface area contributed by atoms with Crippen LogP contribution in [0.4, 0.5) is 4.39 Å². The van der Waals surface area contributed by atoms with Crippen LogP contribution in [0.2, 0.25) is 0 Å². The fourth-order valence-electron chi connectivity index (χ4n) is 2.07. The molecule has 0 aliphatic carbocycles. The molecule has 0 amide bonds. The van der Waals surface area contributed by atoms with Crippen LogP contribution in [0, 0.1) is 5.82 Å². The predicted octanol–water partition coefficient (Wildman–Crippen LogP) is 2.65. The molecule has 0 saturated carbocycles. The van der Waals surface area contributed by atoms with E-state index in [0.29, 0.717) is 0 Å². The average molecular weight is 390 g/mol. The van der Waals surface area contributed by atoms with Gasteiger partial charge in [-0.15, -0.1) is 24.0 Å². The average Bonchev–Trinajstić information content (AvgIpc) is 2.80. The van der Waals surface area contributed by atoms with Crippen LogP contribution in [0.1, 0.15) is 12.5 Å². The second-order valence-electron chi connectivity index (χ2n) is 4.28. The summed E-state index contributed by atoms with van der Waals surface area (Å²) < 4.78 is 13.1. The van der Waals surface area contributed by atoms with Gasteiger partial charge in [0.15, 0.2) is 5.96 Å². The fraction of sp³-hybridized carbons (Fsp3) is 0.357. The van der Waals surface area contributed by atoms with Crippen LogP contribution in [-0.2, 0) is 6.42 Å². The lowest BCUT2D eigenvalue weighted by Crippen LogP contribution is -2.38. The van der Waals surface area contributed by atoms with Crippen molar-refractivity contribution in [2.24, 2.45) is 4.99 Å². The van der Waals surface area contributed by atoms with Gasteiger partial charge in [0.25, 0.3) is 0 Å². The van der Waals surface area contributed by atoms with Crippen molar-refractivity contribution >= 4 is 40.8 Å². The van der Waals surface area contributed by atoms with E-state index in [9.17, 15) is 4.39 Å². The lowest BCUT2D eigenvalue weighted by atomic mass is 10.1. The zero-order valence-electron chi connectivity index (χ0n) is 11.7. The molecule has 1 aromatic carbocycles. The lowest BCUT2D eigenvalue weighted by Gasteiger charge is -2.09. The smallest absolute Gasteiger partial charge is 0.190 e. The number of aromatic nitrogens is 1. The molecular formula is C14H20FIN4. The minimum Gasteiger partial charge on any atom is -0.361 e. The Labute approximate surface area is 135 Å². The van der Waals surface area contributed by atoms with E-state index in [0.717, 1.165) is 36.4 Å². The van der Waals surface area contributed by atoms with Gasteiger partial charge in [-0.05, 0) is 37.1 Å². The largest absolute Gasteiger partial charge is 0.361 e. The second-order valence-corrected chi connectivity index (χ2v) is 4.28. The maximum atomic E-state index is 13.1. The van der Waals surface area contributed by atoms with Crippen LogP contribution in [0.5, 0.6) is 0 Å². The summed E-state index contributed by atoms with van der Waals surface area (Å²) in [7, 11) is 1.75. The highest BCUT2D eigenvalue weighted by molar-refractivity contribution is 14.0. The van der Waals surface area contributed by atoms with Crippen molar-refractivity contribution < 1.29 is 4.39 Å². The van der Waals surface area contributed by atoms with E-state index in [1.54, 1.807) is 7.05 Å². The summed E-state index contributed by atoms with van der Waals surface area (Å²) in [6.45, 7) is 3.65. The van der Waals surface area contributed by atoms with Gasteiger partial charge in [0.05, 0.1) is 0 Å². The molecule has 110 valence electrons. The first-order chi connectivity index (χ1) is 9.24. The number of rotatable bonds is 4. The molecule has 1 aromatic heterocycles. The Hall–Kier alpha value is -1.31. The number of H-pyrrole nitrogens is 1. The topological polar surface area (TPSA) is 52.2 Å². The molecule has 0 bridgehead atoms. The first kappa shape index (κ1) is 16.7. The molecule has 0 fully saturated rings. The van der Waals surface area contributed by atoms with Gasteiger partial charge in [-0.1, -0.05) is 0 Å². The first-order valence-corrected chi connectivity index (χ1v) is 6.44. The van der Waals surface area contributed by atoms with Gasteiger partial charge in [0.1, 0.15) is 5.82 Å². The van der Waals surface area contributed by atoms with E-state index in [4.69, 9.17) is 0 Å². The molecule has 4 nitrogen and oxygen atoms in total. The summed E-state index contributed by atoms with van der Waals surface area (Å²) >= 11 is 0. The Balaban J connectivity index is 0.00000200. The molecule has 20 heavy (non-hydrogen) atoms. The molecule has 0 saturated heterocycles. The normalized spacial score (nSPS) is 11.2. The third-order valence-corrected chi connectivity index (χ3v) is 2.98. The van der Waals surface area contributed by atoms with Gasteiger partial charge in [0, 0.05) is 37.2 Å². The van der Waals surface area contributed by atoms with E-state index in [1.165, 1.54) is 17.7 Å². The van der Waals surface area contributed by atoms with E-state index in [-0.39, 0.29) is 29.8 Å². The van der Waals surface area contributed by atoms with E-state index in [1.807, 2.05) is 19.2 Å². The molecule has 0 aliphatic rings. The summed E-state index contributed by atoms with van der Waals surface area (Å²) in [5.74, 6) is 0.583. The number of fused-ring (bicyclic) bond motifs is 1. The summed E-state index contributed by atoms with van der Waals surface area (Å²) in [6.07, 6.45) is 2.79. The van der Waals surface area contributed by atoms with Crippen LogP contribution in [0.3, 0.4) is 0 Å². The Morgan fingerprint density at radius 3 is 2.85 bits per heavy atom. The van der Waals surface area contributed by atoms with Crippen LogP contribution >= 0.6 is 24.0 Å². The van der Waals surface area contributed by atoms with Crippen molar-refractivity contribution in [3.05, 3.63) is 35.8 Å². The van der Waals surface area contributed by atoms with Crippen LogP contribution in [0.15, 0.2) is 29.4 Å². The molecular weight excluding hydrogens is 370 g/mol. The third-order valence-electron chi connectivity index (χ3n) is 2.98. The molecule has 2 aromatic rings. The molecule has 1 heterocycles. The Morgan fingerprint density at radius 2 is 2.15 bits per heavy atom. The number of nitrogens with one attached hydrogen (secondary N) is 3. The number of aromatic amines is 1. The Morgan fingerprint density at radius 1 is 1.35 bits per heavy atom. The van der Waals surface area contributed by atoms with Gasteiger partial charge in [-0.2, -0.15) is 0 Å². The van der Waals surface area contributed by atoms with E-state index in [2.05, 4.69) is 20.6 Å². The molecule has 0 radical (unpaired) electrons. The van der Waals surface area contributed by atoms with Gasteiger partial charge in [-0.3, -0.25) is 4.99 Å². The van der Waals surface area contributed by atoms with Crippen molar-refractivity contribution in [3.8, 4) is 0 Å². The molecule has 0 spiro atoms. The molecule has 0 atom stereocenters. The van der Waals surface area contributed by atoms with Crippen LogP contribution < -0.4 is 10.6 Å². The number of hydrogen-bond donors (Lipinski definition) is 3. The summed E-state index contributed by atoms with van der Waals surface area (Å²) in [5, 5.41) is 7.45. The molecule has 0 unspecified atom stereocenters. The highest BCUT2D eigenvalue weighted by Gasteiger charge is 2.04. The number of benzene rings is 1. The minimum atomic E-state index is -0.216. The van der Waals surface area contributed by atoms with Crippen molar-refractivity contribution in [2.45, 2.75) is 13.3 Å². The fourth-order valence-corrected chi connectivity index (χ4v) is 2.07. The summed E-state index contributed by atoms with van der Waals surface area (Å²) in [4.78, 5) is 7.20. The third kappa shape index (κ3) is 4.09. The number of hydrogen-bond acceptors (Lipinski definition) is 1. The molecule has 2 rings (SSSR count). The number of halogens is 2. The standard InChI is InChI=1S/C14H19FN4.HI/c1-3-17-14(16-2)18-7-6-10-9-19-13-8-11(15)4-5-12(10)13;/h4-5,8-9,19H,3,6-7H2,1-2H3,(H2,16,17,18);1H. The Kier molecular flexibility index (Phi) is 6.77. The molecule has 3 N–H and O–H groups in total. The SMILES string of the molecule is CCNC(=NC)NCCc1c[nH]c2cc(F)ccc12.I. The van der Waals surface area contributed by atoms with Crippen LogP contribution in [0.25, 0.3) is 10.9 Å². The maximum Gasteiger partial charge on any atom is 0.190 e. The summed E-state index contributed by atoms with van der Waals surface area (Å²) in [5.41, 5.74) is 2.01. The number of nitrogens with zero attached hydrogens (tertiary/aromatic N) is 1. The van der Waals surface area contributed by atoms with Gasteiger partial charge in [0.2, 0.25) is 0 Å². The van der Waals surface area contributed by atoms with E-state index < -0.39 is 0 Å². The first-order valence-electron chi connectivity index (χ1n) is 6.44. The summed E-state index contributed by atoms with van der Waals surface area (Å²) in [6, 6.07) is 4.82. The van der Waals surface area contributed by atoms with Crippen molar-refractivity contribution in [1.29, 1.82) is 0 Å². The van der Waals surface area contributed by atoms with Gasteiger partial charge in [-0.25, -0.2) is 4.39 Å². The van der Waals surface area contributed by atoms with Crippen molar-refractivity contribution in [1.82, 2.24) is 15.6 Å². The highest BCUT2D eigenvalue weighted by atomic mass is 127. The number of aliphatic imine (C=N–C) groups is 1. The zero-order valence-corrected chi connectivity index (χ0v) is 14.0. The number of guanidine groups is 1.